The second-order valence-corrected chi connectivity index (χ2v) is 5.85. The summed E-state index contributed by atoms with van der Waals surface area (Å²) in [7, 11) is 0. The van der Waals surface area contributed by atoms with E-state index in [0.717, 1.165) is 12.2 Å². The molecule has 2 N–H and O–H groups in total. The summed E-state index contributed by atoms with van der Waals surface area (Å²) in [6.45, 7) is 7.29. The lowest BCUT2D eigenvalue weighted by Crippen LogP contribution is -2.28. The van der Waals surface area contributed by atoms with Gasteiger partial charge in [0.25, 0.3) is 0 Å². The zero-order valence-electron chi connectivity index (χ0n) is 13.5. The van der Waals surface area contributed by atoms with Crippen molar-refractivity contribution in [1.29, 1.82) is 0 Å². The molecule has 0 saturated heterocycles. The second kappa shape index (κ2) is 8.41. The number of benzene rings is 1. The van der Waals surface area contributed by atoms with Gasteiger partial charge >= 0.3 is 5.97 Å². The lowest BCUT2D eigenvalue weighted by atomic mass is 9.82. The number of carbonyl (C=O) groups excluding carboxylic acids is 1. The van der Waals surface area contributed by atoms with Gasteiger partial charge in [-0.05, 0) is 29.5 Å². The monoisotopic (exact) mass is 307 g/mol. The van der Waals surface area contributed by atoms with Gasteiger partial charge in [0.05, 0.1) is 13.0 Å². The molecule has 0 heterocycles. The molecule has 1 aromatic rings. The summed E-state index contributed by atoms with van der Waals surface area (Å²) in [6.07, 6.45) is 0.910. The van der Waals surface area contributed by atoms with Crippen LogP contribution >= 0.6 is 0 Å². The number of amides is 1. The van der Waals surface area contributed by atoms with Crippen LogP contribution in [0.15, 0.2) is 24.3 Å². The molecule has 5 nitrogen and oxygen atoms in total. The minimum absolute atomic E-state index is 0.00384. The molecular formula is C17H25NO4. The standard InChI is InChI=1S/C17H25NO4/c1-4-17(2,3)13-5-7-14(8-6-13)22-12-11-18-15(19)9-10-16(20)21/h5-8H,4,9-12H2,1-3H3,(H,18,19)(H,20,21). The second-order valence-electron chi connectivity index (χ2n) is 5.85. The molecule has 0 bridgehead atoms. The summed E-state index contributed by atoms with van der Waals surface area (Å²) in [5.74, 6) is -0.483. The fourth-order valence-electron chi connectivity index (χ4n) is 1.87. The zero-order valence-corrected chi connectivity index (χ0v) is 13.5. The highest BCUT2D eigenvalue weighted by molar-refractivity contribution is 5.80. The maximum absolute atomic E-state index is 11.3. The van der Waals surface area contributed by atoms with E-state index < -0.39 is 5.97 Å². The van der Waals surface area contributed by atoms with Crippen LogP contribution in [-0.4, -0.2) is 30.1 Å². The van der Waals surface area contributed by atoms with Crippen molar-refractivity contribution in [3.05, 3.63) is 29.8 Å². The van der Waals surface area contributed by atoms with E-state index in [-0.39, 0.29) is 24.2 Å². The molecule has 0 aliphatic carbocycles. The normalized spacial score (nSPS) is 11.0. The Kier molecular flexibility index (Phi) is 6.89. The molecule has 0 saturated carbocycles. The van der Waals surface area contributed by atoms with Crippen LogP contribution in [0, 0.1) is 0 Å². The van der Waals surface area contributed by atoms with E-state index in [2.05, 4.69) is 38.2 Å². The van der Waals surface area contributed by atoms with E-state index >= 15 is 0 Å². The summed E-state index contributed by atoms with van der Waals surface area (Å²) in [5, 5.41) is 11.1. The maximum Gasteiger partial charge on any atom is 0.303 e. The Morgan fingerprint density at radius 1 is 1.18 bits per heavy atom. The fourth-order valence-corrected chi connectivity index (χ4v) is 1.87. The molecule has 0 atom stereocenters. The molecule has 0 aliphatic heterocycles. The zero-order chi connectivity index (χ0) is 16.6. The number of carboxylic acids is 1. The smallest absolute Gasteiger partial charge is 0.303 e. The highest BCUT2D eigenvalue weighted by Crippen LogP contribution is 2.27. The Morgan fingerprint density at radius 2 is 1.82 bits per heavy atom. The average Bonchev–Trinajstić information content (AvgIpc) is 2.50. The molecule has 5 heteroatoms. The Labute approximate surface area is 131 Å². The quantitative estimate of drug-likeness (QED) is 0.688. The van der Waals surface area contributed by atoms with Gasteiger partial charge in [-0.15, -0.1) is 0 Å². The van der Waals surface area contributed by atoms with Crippen LogP contribution < -0.4 is 10.1 Å². The first kappa shape index (κ1) is 18.0. The number of ether oxygens (including phenoxy) is 1. The molecule has 22 heavy (non-hydrogen) atoms. The third-order valence-corrected chi connectivity index (χ3v) is 3.78. The first-order valence-corrected chi connectivity index (χ1v) is 7.57. The molecule has 122 valence electrons. The molecule has 0 unspecified atom stereocenters. The Morgan fingerprint density at radius 3 is 2.36 bits per heavy atom. The van der Waals surface area contributed by atoms with Crippen molar-refractivity contribution in [3.8, 4) is 5.75 Å². The number of nitrogens with one attached hydrogen (secondary N) is 1. The van der Waals surface area contributed by atoms with Gasteiger partial charge in [-0.1, -0.05) is 32.9 Å². The van der Waals surface area contributed by atoms with Gasteiger partial charge in [0.1, 0.15) is 12.4 Å². The number of hydrogen-bond acceptors (Lipinski definition) is 3. The van der Waals surface area contributed by atoms with Crippen LogP contribution in [-0.2, 0) is 15.0 Å². The first-order valence-electron chi connectivity index (χ1n) is 7.57. The van der Waals surface area contributed by atoms with Crippen molar-refractivity contribution in [1.82, 2.24) is 5.32 Å². The topological polar surface area (TPSA) is 75.6 Å². The van der Waals surface area contributed by atoms with Crippen molar-refractivity contribution in [2.75, 3.05) is 13.2 Å². The highest BCUT2D eigenvalue weighted by Gasteiger charge is 2.17. The van der Waals surface area contributed by atoms with Crippen LogP contribution in [0.1, 0.15) is 45.6 Å². The number of aliphatic carboxylic acids is 1. The summed E-state index contributed by atoms with van der Waals surface area (Å²) >= 11 is 0. The summed E-state index contributed by atoms with van der Waals surface area (Å²) < 4.78 is 5.55. The van der Waals surface area contributed by atoms with Crippen LogP contribution in [0.4, 0.5) is 0 Å². The van der Waals surface area contributed by atoms with E-state index in [1.807, 2.05) is 12.1 Å². The molecule has 0 fully saturated rings. The Hall–Kier alpha value is -2.04. The number of carbonyl (C=O) groups is 2. The molecule has 1 amide bonds. The number of carboxylic acid groups (broad SMARTS) is 1. The lowest BCUT2D eigenvalue weighted by Gasteiger charge is -2.23. The van der Waals surface area contributed by atoms with Gasteiger partial charge in [-0.25, -0.2) is 0 Å². The predicted octanol–water partition coefficient (Wildman–Crippen LogP) is 2.73. The number of rotatable bonds is 9. The van der Waals surface area contributed by atoms with Crippen molar-refractivity contribution in [3.63, 3.8) is 0 Å². The molecule has 1 aromatic carbocycles. The van der Waals surface area contributed by atoms with Crippen LogP contribution in [0.5, 0.6) is 5.75 Å². The minimum atomic E-state index is -0.971. The Balaban J connectivity index is 2.31. The molecule has 0 aromatic heterocycles. The molecule has 1 rings (SSSR count). The fraction of sp³-hybridized carbons (Fsp3) is 0.529. The van der Waals surface area contributed by atoms with Gasteiger partial charge in [0.15, 0.2) is 0 Å². The Bertz CT molecular complexity index is 494. The van der Waals surface area contributed by atoms with E-state index in [4.69, 9.17) is 9.84 Å². The molecule has 0 radical (unpaired) electrons. The van der Waals surface area contributed by atoms with Gasteiger partial charge < -0.3 is 15.2 Å². The van der Waals surface area contributed by atoms with Crippen molar-refractivity contribution in [2.45, 2.75) is 45.4 Å². The largest absolute Gasteiger partial charge is 0.492 e. The van der Waals surface area contributed by atoms with Crippen LogP contribution in [0.3, 0.4) is 0 Å². The molecule has 0 spiro atoms. The summed E-state index contributed by atoms with van der Waals surface area (Å²) in [5.41, 5.74) is 1.42. The van der Waals surface area contributed by atoms with E-state index in [0.29, 0.717) is 13.2 Å². The van der Waals surface area contributed by atoms with Crippen LogP contribution in [0.2, 0.25) is 0 Å². The third kappa shape index (κ3) is 6.16. The number of hydrogen-bond donors (Lipinski definition) is 2. The van der Waals surface area contributed by atoms with Crippen molar-refractivity contribution in [2.24, 2.45) is 0 Å². The average molecular weight is 307 g/mol. The maximum atomic E-state index is 11.3. The summed E-state index contributed by atoms with van der Waals surface area (Å²) in [6, 6.07) is 7.98. The lowest BCUT2D eigenvalue weighted by molar-refractivity contribution is -0.138. The van der Waals surface area contributed by atoms with Gasteiger partial charge in [0, 0.05) is 6.42 Å². The van der Waals surface area contributed by atoms with Crippen molar-refractivity contribution >= 4 is 11.9 Å². The third-order valence-electron chi connectivity index (χ3n) is 3.78. The molecular weight excluding hydrogens is 282 g/mol. The van der Waals surface area contributed by atoms with Crippen molar-refractivity contribution < 1.29 is 19.4 Å². The van der Waals surface area contributed by atoms with Gasteiger partial charge in [0.2, 0.25) is 5.91 Å². The molecule has 0 aliphatic rings. The van der Waals surface area contributed by atoms with Gasteiger partial charge in [-0.2, -0.15) is 0 Å². The highest BCUT2D eigenvalue weighted by atomic mass is 16.5. The van der Waals surface area contributed by atoms with E-state index in [1.54, 1.807) is 0 Å². The summed E-state index contributed by atoms with van der Waals surface area (Å²) in [4.78, 5) is 21.7. The SMILES string of the molecule is CCC(C)(C)c1ccc(OCCNC(=O)CCC(=O)O)cc1. The first-order chi connectivity index (χ1) is 10.3. The predicted molar refractivity (Wildman–Crippen MR) is 85.1 cm³/mol. The van der Waals surface area contributed by atoms with E-state index in [9.17, 15) is 9.59 Å². The van der Waals surface area contributed by atoms with E-state index in [1.165, 1.54) is 5.56 Å². The minimum Gasteiger partial charge on any atom is -0.492 e. The van der Waals surface area contributed by atoms with Gasteiger partial charge in [-0.3, -0.25) is 9.59 Å². The van der Waals surface area contributed by atoms with Crippen LogP contribution in [0.25, 0.3) is 0 Å².